The maximum absolute atomic E-state index is 13.6. The van der Waals surface area contributed by atoms with Crippen LogP contribution in [0, 0.1) is 6.92 Å². The fraction of sp³-hybridized carbons (Fsp3) is 0.611. The van der Waals surface area contributed by atoms with E-state index in [1.807, 2.05) is 19.1 Å². The molecule has 1 aromatic rings. The summed E-state index contributed by atoms with van der Waals surface area (Å²) in [5.74, 6) is -2.56. The number of piperidine rings is 2. The quantitative estimate of drug-likeness (QED) is 0.906. The highest BCUT2D eigenvalue weighted by molar-refractivity contribution is 5.96. The number of hydrogen-bond donors (Lipinski definition) is 1. The van der Waals surface area contributed by atoms with Crippen molar-refractivity contribution in [2.45, 2.75) is 44.4 Å². The number of likely N-dealkylation sites (tertiary alicyclic amines) is 1. The van der Waals surface area contributed by atoms with E-state index in [1.165, 1.54) is 4.90 Å². The lowest BCUT2D eigenvalue weighted by Crippen LogP contribution is -2.45. The molecule has 1 amide bonds. The van der Waals surface area contributed by atoms with Crippen molar-refractivity contribution >= 4 is 5.91 Å². The zero-order chi connectivity index (χ0) is 16.4. The van der Waals surface area contributed by atoms with Crippen LogP contribution < -0.4 is 5.32 Å². The molecule has 0 aromatic heterocycles. The number of halogens is 2. The molecule has 0 saturated carbocycles. The van der Waals surface area contributed by atoms with Crippen LogP contribution in [-0.2, 0) is 0 Å². The molecule has 5 heteroatoms. The molecule has 0 aliphatic carbocycles. The van der Waals surface area contributed by atoms with Gasteiger partial charge in [-0.3, -0.25) is 4.79 Å². The molecule has 0 unspecified atom stereocenters. The predicted octanol–water partition coefficient (Wildman–Crippen LogP) is 3.33. The SMILES string of the molecule is Cc1ccc(C2CCNCC2)cc1C(=O)N1CCCC(F)(F)C1. The number of nitrogens with one attached hydrogen (secondary N) is 1. The molecule has 23 heavy (non-hydrogen) atoms. The molecule has 2 aliphatic rings. The molecule has 1 aromatic carbocycles. The summed E-state index contributed by atoms with van der Waals surface area (Å²) in [6.45, 7) is 3.82. The van der Waals surface area contributed by atoms with Crippen LogP contribution in [0.25, 0.3) is 0 Å². The molecule has 2 aliphatic heterocycles. The van der Waals surface area contributed by atoms with E-state index in [9.17, 15) is 13.6 Å². The number of nitrogens with zero attached hydrogens (tertiary/aromatic N) is 1. The fourth-order valence-corrected chi connectivity index (χ4v) is 3.59. The Morgan fingerprint density at radius 3 is 2.74 bits per heavy atom. The van der Waals surface area contributed by atoms with Crippen LogP contribution in [0.2, 0.25) is 0 Å². The number of carbonyl (C=O) groups is 1. The normalized spacial score (nSPS) is 22.1. The Morgan fingerprint density at radius 1 is 1.30 bits per heavy atom. The maximum Gasteiger partial charge on any atom is 0.265 e. The Bertz CT molecular complexity index is 582. The van der Waals surface area contributed by atoms with E-state index in [2.05, 4.69) is 11.4 Å². The molecular formula is C18H24F2N2O. The molecule has 3 nitrogen and oxygen atoms in total. The van der Waals surface area contributed by atoms with Crippen molar-refractivity contribution < 1.29 is 13.6 Å². The molecule has 2 heterocycles. The Labute approximate surface area is 136 Å². The van der Waals surface area contributed by atoms with Gasteiger partial charge in [-0.05, 0) is 62.4 Å². The summed E-state index contributed by atoms with van der Waals surface area (Å²) in [6.07, 6.45) is 2.35. The van der Waals surface area contributed by atoms with Gasteiger partial charge in [0.25, 0.3) is 11.8 Å². The third kappa shape index (κ3) is 3.71. The van der Waals surface area contributed by atoms with Crippen LogP contribution in [0.5, 0.6) is 0 Å². The van der Waals surface area contributed by atoms with Gasteiger partial charge in [-0.25, -0.2) is 8.78 Å². The lowest BCUT2D eigenvalue weighted by atomic mass is 9.88. The second kappa shape index (κ2) is 6.56. The highest BCUT2D eigenvalue weighted by Crippen LogP contribution is 2.30. The first-order chi connectivity index (χ1) is 11.0. The minimum absolute atomic E-state index is 0.120. The molecule has 3 rings (SSSR count). The highest BCUT2D eigenvalue weighted by Gasteiger charge is 2.37. The Hall–Kier alpha value is -1.49. The topological polar surface area (TPSA) is 32.3 Å². The summed E-state index contributed by atoms with van der Waals surface area (Å²) < 4.78 is 27.2. The van der Waals surface area contributed by atoms with Gasteiger partial charge in [0.2, 0.25) is 0 Å². The largest absolute Gasteiger partial charge is 0.333 e. The number of amides is 1. The Morgan fingerprint density at radius 2 is 2.04 bits per heavy atom. The summed E-state index contributed by atoms with van der Waals surface area (Å²) in [6, 6.07) is 5.96. The van der Waals surface area contributed by atoms with Crippen molar-refractivity contribution in [3.8, 4) is 0 Å². The van der Waals surface area contributed by atoms with Gasteiger partial charge < -0.3 is 10.2 Å². The molecule has 2 fully saturated rings. The third-order valence-electron chi connectivity index (χ3n) is 4.98. The average molecular weight is 322 g/mol. The van der Waals surface area contributed by atoms with Crippen LogP contribution in [-0.4, -0.2) is 42.9 Å². The molecule has 0 atom stereocenters. The van der Waals surface area contributed by atoms with Crippen molar-refractivity contribution in [2.75, 3.05) is 26.2 Å². The van der Waals surface area contributed by atoms with Crippen molar-refractivity contribution in [1.29, 1.82) is 0 Å². The smallest absolute Gasteiger partial charge is 0.265 e. The minimum atomic E-state index is -2.76. The third-order valence-corrected chi connectivity index (χ3v) is 4.98. The van der Waals surface area contributed by atoms with E-state index in [4.69, 9.17) is 0 Å². The van der Waals surface area contributed by atoms with Gasteiger partial charge in [-0.2, -0.15) is 0 Å². The monoisotopic (exact) mass is 322 g/mol. The second-order valence-corrected chi connectivity index (χ2v) is 6.78. The lowest BCUT2D eigenvalue weighted by molar-refractivity contribution is -0.0560. The van der Waals surface area contributed by atoms with Gasteiger partial charge in [0.1, 0.15) is 0 Å². The highest BCUT2D eigenvalue weighted by atomic mass is 19.3. The number of rotatable bonds is 2. The van der Waals surface area contributed by atoms with E-state index in [0.717, 1.165) is 37.1 Å². The number of hydrogen-bond acceptors (Lipinski definition) is 2. The first-order valence-electron chi connectivity index (χ1n) is 8.45. The number of carbonyl (C=O) groups excluding carboxylic acids is 1. The summed E-state index contributed by atoms with van der Waals surface area (Å²) in [5, 5.41) is 3.34. The summed E-state index contributed by atoms with van der Waals surface area (Å²) in [7, 11) is 0. The van der Waals surface area contributed by atoms with E-state index in [0.29, 0.717) is 24.4 Å². The van der Waals surface area contributed by atoms with Crippen LogP contribution in [0.1, 0.15) is 53.1 Å². The number of alkyl halides is 2. The van der Waals surface area contributed by atoms with Gasteiger partial charge in [-0.15, -0.1) is 0 Å². The van der Waals surface area contributed by atoms with Crippen LogP contribution >= 0.6 is 0 Å². The van der Waals surface area contributed by atoms with Crippen LogP contribution in [0.4, 0.5) is 8.78 Å². The number of benzene rings is 1. The molecule has 0 radical (unpaired) electrons. The molecule has 0 bridgehead atoms. The lowest BCUT2D eigenvalue weighted by Gasteiger charge is -2.33. The van der Waals surface area contributed by atoms with Gasteiger partial charge in [0.05, 0.1) is 6.54 Å². The van der Waals surface area contributed by atoms with Gasteiger partial charge in [-0.1, -0.05) is 12.1 Å². The molecule has 1 N–H and O–H groups in total. The first-order valence-corrected chi connectivity index (χ1v) is 8.45. The van der Waals surface area contributed by atoms with E-state index in [1.54, 1.807) is 0 Å². The van der Waals surface area contributed by atoms with Crippen molar-refractivity contribution in [1.82, 2.24) is 10.2 Å². The average Bonchev–Trinajstić information content (AvgIpc) is 2.54. The minimum Gasteiger partial charge on any atom is -0.333 e. The molecular weight excluding hydrogens is 298 g/mol. The zero-order valence-electron chi connectivity index (χ0n) is 13.6. The Balaban J connectivity index is 1.82. The van der Waals surface area contributed by atoms with Crippen molar-refractivity contribution in [3.63, 3.8) is 0 Å². The van der Waals surface area contributed by atoms with Crippen LogP contribution in [0.15, 0.2) is 18.2 Å². The fourth-order valence-electron chi connectivity index (χ4n) is 3.59. The summed E-state index contributed by atoms with van der Waals surface area (Å²) in [5.41, 5.74) is 2.60. The van der Waals surface area contributed by atoms with Gasteiger partial charge in [0.15, 0.2) is 0 Å². The first kappa shape index (κ1) is 16.4. The standard InChI is InChI=1S/C18H24F2N2O/c1-13-3-4-15(14-5-8-21-9-6-14)11-16(13)17(23)22-10-2-7-18(19,20)12-22/h3-4,11,14,21H,2,5-10,12H2,1H3. The predicted molar refractivity (Wildman–Crippen MR) is 86.1 cm³/mol. The molecule has 126 valence electrons. The van der Waals surface area contributed by atoms with E-state index < -0.39 is 12.5 Å². The van der Waals surface area contributed by atoms with Crippen molar-refractivity contribution in [3.05, 3.63) is 34.9 Å². The summed E-state index contributed by atoms with van der Waals surface area (Å²) in [4.78, 5) is 14.0. The van der Waals surface area contributed by atoms with E-state index in [-0.39, 0.29) is 12.3 Å². The van der Waals surface area contributed by atoms with Crippen molar-refractivity contribution in [2.24, 2.45) is 0 Å². The second-order valence-electron chi connectivity index (χ2n) is 6.78. The van der Waals surface area contributed by atoms with Gasteiger partial charge >= 0.3 is 0 Å². The number of aryl methyl sites for hydroxylation is 1. The van der Waals surface area contributed by atoms with Gasteiger partial charge in [0, 0.05) is 18.5 Å². The zero-order valence-corrected chi connectivity index (χ0v) is 13.6. The van der Waals surface area contributed by atoms with Crippen LogP contribution in [0.3, 0.4) is 0 Å². The molecule has 0 spiro atoms. The molecule has 2 saturated heterocycles. The summed E-state index contributed by atoms with van der Waals surface area (Å²) >= 11 is 0. The van der Waals surface area contributed by atoms with E-state index >= 15 is 0 Å². The maximum atomic E-state index is 13.6. The Kier molecular flexibility index (Phi) is 4.67.